The highest BCUT2D eigenvalue weighted by molar-refractivity contribution is 5.86. The average molecular weight is 421 g/mol. The lowest BCUT2D eigenvalue weighted by Crippen LogP contribution is -2.53. The molecule has 3 heterocycles. The van der Waals surface area contributed by atoms with Crippen LogP contribution in [0.25, 0.3) is 0 Å². The molecule has 0 atom stereocenters. The predicted octanol–water partition coefficient (Wildman–Crippen LogP) is 2.18. The Hall–Kier alpha value is -0.890. The van der Waals surface area contributed by atoms with Crippen molar-refractivity contribution in [2.24, 2.45) is 5.73 Å². The van der Waals surface area contributed by atoms with Crippen LogP contribution in [0.4, 0.5) is 0 Å². The van der Waals surface area contributed by atoms with Crippen LogP contribution in [0, 0.1) is 0 Å². The molecule has 0 unspecified atom stereocenters. The third-order valence-corrected chi connectivity index (χ3v) is 5.43. The molecule has 27 heavy (non-hydrogen) atoms. The van der Waals surface area contributed by atoms with E-state index in [1.54, 1.807) is 13.8 Å². The van der Waals surface area contributed by atoms with Gasteiger partial charge in [-0.25, -0.2) is 0 Å². The summed E-state index contributed by atoms with van der Waals surface area (Å²) in [5, 5.41) is 9.02. The van der Waals surface area contributed by atoms with Gasteiger partial charge >= 0.3 is 0 Å². The maximum atomic E-state index is 12.3. The number of carbonyl (C=O) groups is 1. The van der Waals surface area contributed by atoms with E-state index in [2.05, 4.69) is 26.6 Å². The lowest BCUT2D eigenvalue weighted by atomic mass is 9.94. The number of nitrogens with two attached hydrogens (primary N) is 1. The lowest BCUT2D eigenvalue weighted by Gasteiger charge is -2.35. The molecule has 0 spiro atoms. The molecule has 1 aromatic heterocycles. The molecule has 9 heteroatoms. The Morgan fingerprint density at radius 3 is 2.22 bits per heavy atom. The van der Waals surface area contributed by atoms with Crippen LogP contribution in [0.5, 0.6) is 0 Å². The highest BCUT2D eigenvalue weighted by Crippen LogP contribution is 2.28. The fraction of sp³-hybridized carbons (Fsp3) is 0.833. The molecule has 2 N–H and O–H groups in total. The second kappa shape index (κ2) is 10.0. The zero-order chi connectivity index (χ0) is 18.0. The van der Waals surface area contributed by atoms with Crippen molar-refractivity contribution in [3.63, 3.8) is 0 Å². The van der Waals surface area contributed by atoms with Crippen molar-refractivity contribution in [3.05, 3.63) is 11.6 Å². The average Bonchev–Trinajstić information content (AvgIpc) is 3.23. The van der Waals surface area contributed by atoms with Crippen LogP contribution in [0.1, 0.15) is 64.0 Å². The first-order valence-electron chi connectivity index (χ1n) is 9.62. The Kier molecular flexibility index (Phi) is 8.99. The summed E-state index contributed by atoms with van der Waals surface area (Å²) in [4.78, 5) is 16.7. The number of rotatable bonds is 5. The SMILES string of the molecule is CCn1c(CN2CCCC2)nnc1C1CCN(C(=O)C(C)(C)N)CC1.Cl.Cl. The minimum absolute atomic E-state index is 0. The van der Waals surface area contributed by atoms with Crippen molar-refractivity contribution < 1.29 is 4.79 Å². The van der Waals surface area contributed by atoms with Gasteiger partial charge in [-0.05, 0) is 59.5 Å². The Morgan fingerprint density at radius 1 is 1.11 bits per heavy atom. The van der Waals surface area contributed by atoms with E-state index >= 15 is 0 Å². The molecule has 0 saturated carbocycles. The highest BCUT2D eigenvalue weighted by atomic mass is 35.5. The summed E-state index contributed by atoms with van der Waals surface area (Å²) in [6.45, 7) is 11.4. The lowest BCUT2D eigenvalue weighted by molar-refractivity contribution is -0.136. The number of amides is 1. The smallest absolute Gasteiger partial charge is 0.242 e. The van der Waals surface area contributed by atoms with E-state index in [1.165, 1.54) is 25.9 Å². The zero-order valence-electron chi connectivity index (χ0n) is 16.7. The first kappa shape index (κ1) is 24.1. The van der Waals surface area contributed by atoms with Crippen LogP contribution in [-0.2, 0) is 17.9 Å². The molecular formula is C18H34Cl2N6O. The fourth-order valence-electron chi connectivity index (χ4n) is 4.00. The minimum atomic E-state index is -0.792. The Balaban J connectivity index is 0.00000182. The predicted molar refractivity (Wildman–Crippen MR) is 112 cm³/mol. The third kappa shape index (κ3) is 5.56. The summed E-state index contributed by atoms with van der Waals surface area (Å²) < 4.78 is 2.29. The number of likely N-dealkylation sites (tertiary alicyclic amines) is 2. The van der Waals surface area contributed by atoms with Gasteiger partial charge in [0, 0.05) is 25.6 Å². The molecule has 2 fully saturated rings. The van der Waals surface area contributed by atoms with Crippen molar-refractivity contribution in [1.82, 2.24) is 24.6 Å². The van der Waals surface area contributed by atoms with Crippen molar-refractivity contribution in [2.75, 3.05) is 26.2 Å². The second-order valence-corrected chi connectivity index (χ2v) is 7.99. The molecule has 156 valence electrons. The van der Waals surface area contributed by atoms with E-state index < -0.39 is 5.54 Å². The number of carbonyl (C=O) groups excluding carboxylic acids is 1. The van der Waals surface area contributed by atoms with Gasteiger partial charge in [-0.15, -0.1) is 35.0 Å². The van der Waals surface area contributed by atoms with Gasteiger partial charge < -0.3 is 15.2 Å². The maximum Gasteiger partial charge on any atom is 0.242 e. The summed E-state index contributed by atoms with van der Waals surface area (Å²) in [5.41, 5.74) is 5.17. The first-order valence-corrected chi connectivity index (χ1v) is 9.62. The van der Waals surface area contributed by atoms with Gasteiger partial charge in [-0.3, -0.25) is 9.69 Å². The summed E-state index contributed by atoms with van der Waals surface area (Å²) in [6, 6.07) is 0. The van der Waals surface area contributed by atoms with E-state index in [1.807, 2.05) is 4.90 Å². The third-order valence-electron chi connectivity index (χ3n) is 5.43. The number of halogens is 2. The van der Waals surface area contributed by atoms with E-state index in [9.17, 15) is 4.79 Å². The van der Waals surface area contributed by atoms with Gasteiger partial charge in [-0.2, -0.15) is 0 Å². The standard InChI is InChI=1S/C18H32N6O.2ClH/c1-4-24-15(13-22-9-5-6-10-22)20-21-16(24)14-7-11-23(12-8-14)17(25)18(2,3)19;;/h14H,4-13,19H2,1-3H3;2*1H. The van der Waals surface area contributed by atoms with Crippen LogP contribution in [0.2, 0.25) is 0 Å². The van der Waals surface area contributed by atoms with Gasteiger partial charge in [-0.1, -0.05) is 0 Å². The highest BCUT2D eigenvalue weighted by Gasteiger charge is 2.33. The molecule has 2 aliphatic rings. The van der Waals surface area contributed by atoms with Crippen LogP contribution >= 0.6 is 24.8 Å². The normalized spacial score (nSPS) is 18.9. The minimum Gasteiger partial charge on any atom is -0.341 e. The van der Waals surface area contributed by atoms with Gasteiger partial charge in [0.1, 0.15) is 11.6 Å². The van der Waals surface area contributed by atoms with Gasteiger partial charge in [0.25, 0.3) is 0 Å². The van der Waals surface area contributed by atoms with Gasteiger partial charge in [0.15, 0.2) is 0 Å². The molecule has 1 aromatic rings. The number of nitrogens with zero attached hydrogens (tertiary/aromatic N) is 5. The molecular weight excluding hydrogens is 387 g/mol. The van der Waals surface area contributed by atoms with Crippen molar-refractivity contribution in [3.8, 4) is 0 Å². The van der Waals surface area contributed by atoms with Gasteiger partial charge in [0.05, 0.1) is 12.1 Å². The molecule has 0 radical (unpaired) electrons. The summed E-state index contributed by atoms with van der Waals surface area (Å²) in [7, 11) is 0. The number of hydrogen-bond donors (Lipinski definition) is 1. The van der Waals surface area contributed by atoms with E-state index in [0.717, 1.165) is 50.7 Å². The van der Waals surface area contributed by atoms with E-state index in [4.69, 9.17) is 5.73 Å². The van der Waals surface area contributed by atoms with Crippen LogP contribution in [-0.4, -0.2) is 62.2 Å². The number of aromatic nitrogens is 3. The molecule has 3 rings (SSSR count). The van der Waals surface area contributed by atoms with Crippen LogP contribution in [0.3, 0.4) is 0 Å². The van der Waals surface area contributed by atoms with Crippen LogP contribution < -0.4 is 5.73 Å². The fourth-order valence-corrected chi connectivity index (χ4v) is 4.00. The quantitative estimate of drug-likeness (QED) is 0.789. The summed E-state index contributed by atoms with van der Waals surface area (Å²) >= 11 is 0. The summed E-state index contributed by atoms with van der Waals surface area (Å²) in [5.74, 6) is 2.60. The zero-order valence-corrected chi connectivity index (χ0v) is 18.3. The molecule has 2 saturated heterocycles. The second-order valence-electron chi connectivity index (χ2n) is 7.99. The van der Waals surface area contributed by atoms with Crippen molar-refractivity contribution in [2.45, 2.75) is 71.0 Å². The monoisotopic (exact) mass is 420 g/mol. The topological polar surface area (TPSA) is 80.3 Å². The first-order chi connectivity index (χ1) is 11.9. The van der Waals surface area contributed by atoms with Crippen molar-refractivity contribution in [1.29, 1.82) is 0 Å². The van der Waals surface area contributed by atoms with E-state index in [0.29, 0.717) is 5.92 Å². The number of hydrogen-bond acceptors (Lipinski definition) is 5. The molecule has 0 aliphatic carbocycles. The van der Waals surface area contributed by atoms with Gasteiger partial charge in [0.2, 0.25) is 5.91 Å². The Labute approximate surface area is 174 Å². The largest absolute Gasteiger partial charge is 0.341 e. The maximum absolute atomic E-state index is 12.3. The molecule has 1 amide bonds. The molecule has 7 nitrogen and oxygen atoms in total. The molecule has 0 bridgehead atoms. The Morgan fingerprint density at radius 2 is 1.70 bits per heavy atom. The summed E-state index contributed by atoms with van der Waals surface area (Å²) in [6.07, 6.45) is 4.45. The molecule has 0 aromatic carbocycles. The number of piperidine rings is 1. The molecule has 2 aliphatic heterocycles. The van der Waals surface area contributed by atoms with Crippen molar-refractivity contribution >= 4 is 30.7 Å². The van der Waals surface area contributed by atoms with E-state index in [-0.39, 0.29) is 30.7 Å². The van der Waals surface area contributed by atoms with Crippen LogP contribution in [0.15, 0.2) is 0 Å². The Bertz CT molecular complexity index is 601.